The minimum absolute atomic E-state index is 0.532. The molecule has 2 aliphatic heterocycles. The minimum atomic E-state index is 0.532. The molecule has 2 atom stereocenters. The van der Waals surface area contributed by atoms with Crippen molar-refractivity contribution in [2.24, 2.45) is 0 Å². The van der Waals surface area contributed by atoms with E-state index in [1.54, 1.807) is 0 Å². The first-order chi connectivity index (χ1) is 11.4. The maximum absolute atomic E-state index is 4.96. The van der Waals surface area contributed by atoms with Gasteiger partial charge in [-0.25, -0.2) is 9.97 Å². The van der Waals surface area contributed by atoms with Gasteiger partial charge in [-0.1, -0.05) is 48.5 Å². The number of fused-ring (bicyclic) bond motifs is 3. The van der Waals surface area contributed by atoms with E-state index in [1.807, 2.05) is 12.1 Å². The number of piperazine rings is 1. The van der Waals surface area contributed by atoms with Crippen molar-refractivity contribution in [1.29, 1.82) is 0 Å². The molecule has 0 radical (unpaired) electrons. The lowest BCUT2D eigenvalue weighted by Gasteiger charge is -2.28. The van der Waals surface area contributed by atoms with E-state index in [0.29, 0.717) is 12.1 Å². The van der Waals surface area contributed by atoms with E-state index in [0.717, 1.165) is 41.2 Å². The maximum atomic E-state index is 4.96. The SMILES string of the molecule is c1ccc(-c2nc(N3C[C@@H]4C[C@H]3CN4)nc3ccccc23)cc1. The van der Waals surface area contributed by atoms with Crippen molar-refractivity contribution < 1.29 is 0 Å². The number of nitrogens with zero attached hydrogens (tertiary/aromatic N) is 3. The monoisotopic (exact) mass is 302 g/mol. The molecule has 2 saturated heterocycles. The van der Waals surface area contributed by atoms with Gasteiger partial charge in [0.15, 0.2) is 0 Å². The van der Waals surface area contributed by atoms with Crippen LogP contribution in [-0.4, -0.2) is 35.1 Å². The number of rotatable bonds is 2. The molecular weight excluding hydrogens is 284 g/mol. The van der Waals surface area contributed by atoms with Crippen molar-refractivity contribution in [3.8, 4) is 11.3 Å². The zero-order valence-electron chi connectivity index (χ0n) is 12.8. The molecule has 2 fully saturated rings. The van der Waals surface area contributed by atoms with Crippen molar-refractivity contribution >= 4 is 16.9 Å². The molecule has 114 valence electrons. The van der Waals surface area contributed by atoms with Gasteiger partial charge in [0.25, 0.3) is 0 Å². The molecule has 3 heterocycles. The number of anilines is 1. The quantitative estimate of drug-likeness (QED) is 0.790. The molecule has 2 aromatic carbocycles. The van der Waals surface area contributed by atoms with Crippen LogP contribution >= 0.6 is 0 Å². The summed E-state index contributed by atoms with van der Waals surface area (Å²) >= 11 is 0. The molecule has 0 aliphatic carbocycles. The maximum Gasteiger partial charge on any atom is 0.226 e. The second-order valence-electron chi connectivity index (χ2n) is 6.40. The van der Waals surface area contributed by atoms with Crippen molar-refractivity contribution in [2.45, 2.75) is 18.5 Å². The Kier molecular flexibility index (Phi) is 2.85. The van der Waals surface area contributed by atoms with Gasteiger partial charge in [-0.3, -0.25) is 0 Å². The van der Waals surface area contributed by atoms with Crippen LogP contribution in [0.1, 0.15) is 6.42 Å². The first-order valence-corrected chi connectivity index (χ1v) is 8.21. The fourth-order valence-corrected chi connectivity index (χ4v) is 3.81. The molecule has 0 unspecified atom stereocenters. The van der Waals surface area contributed by atoms with Gasteiger partial charge < -0.3 is 10.2 Å². The summed E-state index contributed by atoms with van der Waals surface area (Å²) in [5.74, 6) is 0.872. The van der Waals surface area contributed by atoms with Crippen LogP contribution in [0.25, 0.3) is 22.2 Å². The van der Waals surface area contributed by atoms with Crippen LogP contribution in [-0.2, 0) is 0 Å². The number of para-hydroxylation sites is 1. The molecule has 3 aromatic rings. The van der Waals surface area contributed by atoms with Gasteiger partial charge in [0.1, 0.15) is 0 Å². The molecule has 0 amide bonds. The van der Waals surface area contributed by atoms with E-state index >= 15 is 0 Å². The van der Waals surface area contributed by atoms with Crippen LogP contribution in [0.3, 0.4) is 0 Å². The Morgan fingerprint density at radius 2 is 1.78 bits per heavy atom. The van der Waals surface area contributed by atoms with Gasteiger partial charge in [0.2, 0.25) is 5.95 Å². The van der Waals surface area contributed by atoms with Gasteiger partial charge in [-0.2, -0.15) is 0 Å². The van der Waals surface area contributed by atoms with E-state index in [2.05, 4.69) is 52.7 Å². The third kappa shape index (κ3) is 2.10. The summed E-state index contributed by atoms with van der Waals surface area (Å²) in [6.07, 6.45) is 1.21. The second-order valence-corrected chi connectivity index (χ2v) is 6.40. The molecule has 4 heteroatoms. The summed E-state index contributed by atoms with van der Waals surface area (Å²) in [5, 5.41) is 4.66. The fourth-order valence-electron chi connectivity index (χ4n) is 3.81. The zero-order valence-corrected chi connectivity index (χ0v) is 12.8. The number of benzene rings is 2. The first-order valence-electron chi connectivity index (χ1n) is 8.21. The van der Waals surface area contributed by atoms with Gasteiger partial charge in [0.05, 0.1) is 11.2 Å². The Morgan fingerprint density at radius 3 is 2.57 bits per heavy atom. The van der Waals surface area contributed by atoms with Crippen LogP contribution in [0, 0.1) is 0 Å². The predicted octanol–water partition coefficient (Wildman–Crippen LogP) is 2.85. The minimum Gasteiger partial charge on any atom is -0.335 e. The van der Waals surface area contributed by atoms with E-state index in [-0.39, 0.29) is 0 Å². The van der Waals surface area contributed by atoms with Gasteiger partial charge in [0, 0.05) is 36.1 Å². The lowest BCUT2D eigenvalue weighted by Crippen LogP contribution is -2.44. The highest BCUT2D eigenvalue weighted by atomic mass is 15.3. The smallest absolute Gasteiger partial charge is 0.226 e. The van der Waals surface area contributed by atoms with Crippen LogP contribution in [0.5, 0.6) is 0 Å². The standard InChI is InChI=1S/C19H18N4/c1-2-6-13(7-3-1)18-16-8-4-5-9-17(16)21-19(22-18)23-12-14-10-15(23)11-20-14/h1-9,14-15,20H,10-12H2/t14-,15-/m0/s1. The zero-order chi connectivity index (χ0) is 15.2. The van der Waals surface area contributed by atoms with E-state index in [1.165, 1.54) is 6.42 Å². The lowest BCUT2D eigenvalue weighted by atomic mass is 10.1. The van der Waals surface area contributed by atoms with E-state index in [4.69, 9.17) is 9.97 Å². The van der Waals surface area contributed by atoms with Gasteiger partial charge >= 0.3 is 0 Å². The Bertz CT molecular complexity index is 862. The highest BCUT2D eigenvalue weighted by molar-refractivity contribution is 5.93. The molecule has 0 spiro atoms. The summed E-state index contributed by atoms with van der Waals surface area (Å²) in [5.41, 5.74) is 3.20. The third-order valence-corrected chi connectivity index (χ3v) is 4.95. The van der Waals surface area contributed by atoms with Crippen LogP contribution in [0.15, 0.2) is 54.6 Å². The van der Waals surface area contributed by atoms with Crippen molar-refractivity contribution in [3.05, 3.63) is 54.6 Å². The summed E-state index contributed by atoms with van der Waals surface area (Å²) in [4.78, 5) is 12.2. The molecule has 5 rings (SSSR count). The Morgan fingerprint density at radius 1 is 0.957 bits per heavy atom. The average Bonchev–Trinajstić information content (AvgIpc) is 3.25. The number of hydrogen-bond donors (Lipinski definition) is 1. The normalized spacial score (nSPS) is 22.9. The van der Waals surface area contributed by atoms with Crippen molar-refractivity contribution in [2.75, 3.05) is 18.0 Å². The third-order valence-electron chi connectivity index (χ3n) is 4.95. The number of nitrogens with one attached hydrogen (secondary N) is 1. The van der Waals surface area contributed by atoms with E-state index in [9.17, 15) is 0 Å². The predicted molar refractivity (Wildman–Crippen MR) is 92.5 cm³/mol. The summed E-state index contributed by atoms with van der Waals surface area (Å²) in [6, 6.07) is 19.8. The molecule has 1 aromatic heterocycles. The molecule has 4 nitrogen and oxygen atoms in total. The second kappa shape index (κ2) is 5.03. The van der Waals surface area contributed by atoms with Crippen LogP contribution in [0.2, 0.25) is 0 Å². The van der Waals surface area contributed by atoms with E-state index < -0.39 is 0 Å². The largest absolute Gasteiger partial charge is 0.335 e. The van der Waals surface area contributed by atoms with Crippen LogP contribution in [0.4, 0.5) is 5.95 Å². The van der Waals surface area contributed by atoms with Gasteiger partial charge in [-0.15, -0.1) is 0 Å². The fraction of sp³-hybridized carbons (Fsp3) is 0.263. The Balaban J connectivity index is 1.70. The summed E-state index contributed by atoms with van der Waals surface area (Å²) in [7, 11) is 0. The van der Waals surface area contributed by atoms with Crippen molar-refractivity contribution in [3.63, 3.8) is 0 Å². The molecule has 0 saturated carbocycles. The molecule has 1 N–H and O–H groups in total. The topological polar surface area (TPSA) is 41.1 Å². The van der Waals surface area contributed by atoms with Gasteiger partial charge in [-0.05, 0) is 12.5 Å². The lowest BCUT2D eigenvalue weighted by molar-refractivity contribution is 0.572. The highest BCUT2D eigenvalue weighted by Gasteiger charge is 2.39. The molecule has 2 aliphatic rings. The molecular formula is C19H18N4. The number of aromatic nitrogens is 2. The summed E-state index contributed by atoms with van der Waals surface area (Å²) < 4.78 is 0. The van der Waals surface area contributed by atoms with Crippen molar-refractivity contribution in [1.82, 2.24) is 15.3 Å². The highest BCUT2D eigenvalue weighted by Crippen LogP contribution is 2.32. The van der Waals surface area contributed by atoms with Crippen LogP contribution < -0.4 is 10.2 Å². The first kappa shape index (κ1) is 13.0. The summed E-state index contributed by atoms with van der Waals surface area (Å²) in [6.45, 7) is 2.05. The Hall–Kier alpha value is -2.46. The Labute approximate surface area is 135 Å². The number of hydrogen-bond acceptors (Lipinski definition) is 4. The average molecular weight is 302 g/mol. The molecule has 2 bridgehead atoms. The molecule has 23 heavy (non-hydrogen) atoms.